The van der Waals surface area contributed by atoms with E-state index in [0.717, 1.165) is 26.5 Å². The van der Waals surface area contributed by atoms with Crippen LogP contribution in [0.2, 0.25) is 0 Å². The normalized spacial score (nSPS) is 14.0. The second kappa shape index (κ2) is 11.8. The van der Waals surface area contributed by atoms with Gasteiger partial charge in [0.2, 0.25) is 0 Å². The molecule has 5 nitrogen and oxygen atoms in total. The number of nitrogens with zero attached hydrogens (tertiary/aromatic N) is 2. The standard InChI is InChI=1S/C35H27BrN2O3/c1-2-40-32-22-24(21-31(36)34(32)41-23-27-16-11-15-25-12-9-10-19-29(25)27)20-30-33(26-13-5-3-6-14-26)37-38(35(30)39)28-17-7-4-8-18-28/h3-22H,2,23H2,1H3/b30-20-. The third kappa shape index (κ3) is 5.52. The zero-order chi connectivity index (χ0) is 28.2. The summed E-state index contributed by atoms with van der Waals surface area (Å²) < 4.78 is 13.1. The van der Waals surface area contributed by atoms with Crippen molar-refractivity contribution >= 4 is 50.1 Å². The van der Waals surface area contributed by atoms with Gasteiger partial charge in [0.05, 0.1) is 22.3 Å². The van der Waals surface area contributed by atoms with Crippen molar-refractivity contribution in [2.45, 2.75) is 13.5 Å². The van der Waals surface area contributed by atoms with Crippen molar-refractivity contribution in [1.82, 2.24) is 0 Å². The number of rotatable bonds is 8. The molecule has 5 aromatic rings. The van der Waals surface area contributed by atoms with Gasteiger partial charge in [-0.1, -0.05) is 91.0 Å². The summed E-state index contributed by atoms with van der Waals surface area (Å²) in [5, 5.41) is 8.51. The molecule has 0 aliphatic carbocycles. The molecule has 1 heterocycles. The van der Waals surface area contributed by atoms with Gasteiger partial charge in [-0.25, -0.2) is 0 Å². The molecule has 1 amide bonds. The first-order valence-corrected chi connectivity index (χ1v) is 14.2. The minimum absolute atomic E-state index is 0.194. The van der Waals surface area contributed by atoms with E-state index in [2.05, 4.69) is 40.2 Å². The van der Waals surface area contributed by atoms with Crippen molar-refractivity contribution in [3.63, 3.8) is 0 Å². The highest BCUT2D eigenvalue weighted by molar-refractivity contribution is 9.10. The molecule has 5 aromatic carbocycles. The lowest BCUT2D eigenvalue weighted by Gasteiger charge is -2.16. The van der Waals surface area contributed by atoms with Gasteiger partial charge in [-0.3, -0.25) is 4.79 Å². The largest absolute Gasteiger partial charge is 0.490 e. The van der Waals surface area contributed by atoms with E-state index in [1.165, 1.54) is 10.4 Å². The van der Waals surface area contributed by atoms with Gasteiger partial charge in [0.15, 0.2) is 11.5 Å². The molecule has 1 aliphatic heterocycles. The van der Waals surface area contributed by atoms with Gasteiger partial charge in [0.25, 0.3) is 5.91 Å². The van der Waals surface area contributed by atoms with Gasteiger partial charge in [-0.05, 0) is 75.1 Å². The molecule has 1 aliphatic rings. The van der Waals surface area contributed by atoms with E-state index in [4.69, 9.17) is 14.6 Å². The number of benzene rings is 5. The third-order valence-electron chi connectivity index (χ3n) is 6.82. The summed E-state index contributed by atoms with van der Waals surface area (Å²) in [6, 6.07) is 37.5. The van der Waals surface area contributed by atoms with Gasteiger partial charge in [0.1, 0.15) is 12.3 Å². The van der Waals surface area contributed by atoms with Crippen LogP contribution in [0, 0.1) is 0 Å². The maximum Gasteiger partial charge on any atom is 0.281 e. The number of hydrogen-bond acceptors (Lipinski definition) is 4. The summed E-state index contributed by atoms with van der Waals surface area (Å²) in [5.41, 5.74) is 4.57. The van der Waals surface area contributed by atoms with Gasteiger partial charge in [-0.2, -0.15) is 10.1 Å². The summed E-state index contributed by atoms with van der Waals surface area (Å²) >= 11 is 3.70. The molecule has 6 rings (SSSR count). The highest BCUT2D eigenvalue weighted by Gasteiger charge is 2.32. The Bertz CT molecular complexity index is 1780. The van der Waals surface area contributed by atoms with Crippen LogP contribution < -0.4 is 14.5 Å². The number of hydrazone groups is 1. The van der Waals surface area contributed by atoms with Crippen LogP contribution in [-0.2, 0) is 11.4 Å². The Morgan fingerprint density at radius 3 is 2.32 bits per heavy atom. The molecule has 0 saturated heterocycles. The van der Waals surface area contributed by atoms with Crippen molar-refractivity contribution in [2.75, 3.05) is 11.6 Å². The predicted molar refractivity (Wildman–Crippen MR) is 168 cm³/mol. The average molecular weight is 604 g/mol. The zero-order valence-corrected chi connectivity index (χ0v) is 24.0. The second-order valence-electron chi connectivity index (χ2n) is 9.52. The molecule has 6 heteroatoms. The fraction of sp³-hybridized carbons (Fsp3) is 0.0857. The van der Waals surface area contributed by atoms with Crippen molar-refractivity contribution in [3.8, 4) is 11.5 Å². The van der Waals surface area contributed by atoms with Gasteiger partial charge in [-0.15, -0.1) is 0 Å². The molecule has 0 aromatic heterocycles. The second-order valence-corrected chi connectivity index (χ2v) is 10.4. The highest BCUT2D eigenvalue weighted by Crippen LogP contribution is 2.39. The third-order valence-corrected chi connectivity index (χ3v) is 7.41. The number of ether oxygens (including phenoxy) is 2. The molecule has 0 saturated carbocycles. The Balaban J connectivity index is 1.36. The Kier molecular flexibility index (Phi) is 7.65. The van der Waals surface area contributed by atoms with Crippen LogP contribution in [0.3, 0.4) is 0 Å². The van der Waals surface area contributed by atoms with E-state index in [-0.39, 0.29) is 5.91 Å². The summed E-state index contributed by atoms with van der Waals surface area (Å²) in [4.78, 5) is 13.7. The average Bonchev–Trinajstić information content (AvgIpc) is 3.33. The van der Waals surface area contributed by atoms with E-state index < -0.39 is 0 Å². The zero-order valence-electron chi connectivity index (χ0n) is 22.5. The van der Waals surface area contributed by atoms with Crippen LogP contribution >= 0.6 is 15.9 Å². The smallest absolute Gasteiger partial charge is 0.281 e. The van der Waals surface area contributed by atoms with Gasteiger partial charge >= 0.3 is 0 Å². The number of amides is 1. The van der Waals surface area contributed by atoms with Gasteiger partial charge in [0, 0.05) is 5.56 Å². The minimum Gasteiger partial charge on any atom is -0.490 e. The summed E-state index contributed by atoms with van der Waals surface area (Å²) in [6.45, 7) is 2.79. The molecular weight excluding hydrogens is 576 g/mol. The predicted octanol–water partition coefficient (Wildman–Crippen LogP) is 8.41. The van der Waals surface area contributed by atoms with Crippen molar-refractivity contribution in [1.29, 1.82) is 0 Å². The number of fused-ring (bicyclic) bond motifs is 1. The van der Waals surface area contributed by atoms with E-state index in [9.17, 15) is 4.79 Å². The first kappa shape index (κ1) is 26.5. The molecule has 41 heavy (non-hydrogen) atoms. The fourth-order valence-corrected chi connectivity index (χ4v) is 5.48. The number of hydrogen-bond donors (Lipinski definition) is 0. The lowest BCUT2D eigenvalue weighted by molar-refractivity contribution is -0.114. The number of para-hydroxylation sites is 1. The fourth-order valence-electron chi connectivity index (χ4n) is 4.91. The highest BCUT2D eigenvalue weighted by atomic mass is 79.9. The van der Waals surface area contributed by atoms with E-state index >= 15 is 0 Å². The lowest BCUT2D eigenvalue weighted by Crippen LogP contribution is -2.21. The van der Waals surface area contributed by atoms with Crippen LogP contribution in [-0.4, -0.2) is 18.2 Å². The Hall–Kier alpha value is -4.68. The summed E-state index contributed by atoms with van der Waals surface area (Å²) in [6.07, 6.45) is 1.86. The molecule has 0 N–H and O–H groups in total. The Labute approximate surface area is 247 Å². The van der Waals surface area contributed by atoms with E-state index in [1.54, 1.807) is 0 Å². The SMILES string of the molecule is CCOc1cc(/C=C2\C(=O)N(c3ccccc3)N=C2c2ccccc2)cc(Br)c1OCc1cccc2ccccc12. The van der Waals surface area contributed by atoms with Crippen LogP contribution in [0.15, 0.2) is 130 Å². The van der Waals surface area contributed by atoms with E-state index in [0.29, 0.717) is 41.7 Å². The van der Waals surface area contributed by atoms with Crippen molar-refractivity contribution in [2.24, 2.45) is 5.10 Å². The maximum absolute atomic E-state index is 13.7. The molecular formula is C35H27BrN2O3. The van der Waals surface area contributed by atoms with Crippen molar-refractivity contribution < 1.29 is 14.3 Å². The van der Waals surface area contributed by atoms with E-state index in [1.807, 2.05) is 104 Å². The molecule has 0 atom stereocenters. The van der Waals surface area contributed by atoms with Crippen LogP contribution in [0.25, 0.3) is 16.8 Å². The first-order valence-electron chi connectivity index (χ1n) is 13.4. The molecule has 0 bridgehead atoms. The number of halogens is 1. The van der Waals surface area contributed by atoms with Crippen LogP contribution in [0.5, 0.6) is 11.5 Å². The lowest BCUT2D eigenvalue weighted by atomic mass is 10.00. The van der Waals surface area contributed by atoms with Crippen molar-refractivity contribution in [3.05, 3.63) is 142 Å². The minimum atomic E-state index is -0.194. The molecule has 0 radical (unpaired) electrons. The topological polar surface area (TPSA) is 51.1 Å². The monoisotopic (exact) mass is 602 g/mol. The molecule has 0 fully saturated rings. The quantitative estimate of drug-likeness (QED) is 0.167. The number of carbonyl (C=O) groups excluding carboxylic acids is 1. The number of carbonyl (C=O) groups is 1. The van der Waals surface area contributed by atoms with Gasteiger partial charge < -0.3 is 9.47 Å². The molecule has 202 valence electrons. The molecule has 0 spiro atoms. The summed E-state index contributed by atoms with van der Waals surface area (Å²) in [5.74, 6) is 1.01. The number of anilines is 1. The Morgan fingerprint density at radius 2 is 1.54 bits per heavy atom. The van der Waals surface area contributed by atoms with Crippen LogP contribution in [0.4, 0.5) is 5.69 Å². The first-order chi connectivity index (χ1) is 20.1. The molecule has 0 unspecified atom stereocenters. The summed E-state index contributed by atoms with van der Waals surface area (Å²) in [7, 11) is 0. The maximum atomic E-state index is 13.7. The van der Waals surface area contributed by atoms with Crippen LogP contribution in [0.1, 0.15) is 23.6 Å². The Morgan fingerprint density at radius 1 is 0.829 bits per heavy atom.